The fraction of sp³-hybridized carbons (Fsp3) is 0.273. The number of aliphatic hydroxyl groups excluding tert-OH is 1. The third kappa shape index (κ3) is 2.93. The van der Waals surface area contributed by atoms with E-state index >= 15 is 0 Å². The van der Waals surface area contributed by atoms with Crippen LogP contribution in [0.25, 0.3) is 0 Å². The molecule has 0 radical (unpaired) electrons. The summed E-state index contributed by atoms with van der Waals surface area (Å²) in [6.07, 6.45) is 2.41. The molecule has 0 fully saturated rings. The summed E-state index contributed by atoms with van der Waals surface area (Å²) in [5.41, 5.74) is 0.604. The predicted molar refractivity (Wildman–Crippen MR) is 58.5 cm³/mol. The van der Waals surface area contributed by atoms with Gasteiger partial charge in [-0.2, -0.15) is 0 Å². The van der Waals surface area contributed by atoms with E-state index in [-0.39, 0.29) is 5.82 Å². The minimum Gasteiger partial charge on any atom is -0.388 e. The zero-order chi connectivity index (χ0) is 10.6. The third-order valence-electron chi connectivity index (χ3n) is 1.97. The first-order chi connectivity index (χ1) is 6.65. The van der Waals surface area contributed by atoms with Crippen LogP contribution < -0.4 is 0 Å². The molecule has 3 heteroatoms. The first-order valence-corrected chi connectivity index (χ1v) is 5.18. The average Bonchev–Trinajstić information content (AvgIpc) is 2.18. The van der Waals surface area contributed by atoms with Crippen molar-refractivity contribution in [1.29, 1.82) is 0 Å². The van der Waals surface area contributed by atoms with Gasteiger partial charge in [-0.1, -0.05) is 12.1 Å². The topological polar surface area (TPSA) is 20.2 Å². The highest BCUT2D eigenvalue weighted by atomic mass is 79.9. The summed E-state index contributed by atoms with van der Waals surface area (Å²) >= 11 is 3.06. The molecule has 0 saturated heterocycles. The molecule has 76 valence electrons. The van der Waals surface area contributed by atoms with Gasteiger partial charge >= 0.3 is 0 Å². The van der Waals surface area contributed by atoms with E-state index in [0.29, 0.717) is 16.5 Å². The van der Waals surface area contributed by atoms with Gasteiger partial charge < -0.3 is 5.11 Å². The lowest BCUT2D eigenvalue weighted by atomic mass is 10.1. The summed E-state index contributed by atoms with van der Waals surface area (Å²) in [7, 11) is 0. The summed E-state index contributed by atoms with van der Waals surface area (Å²) in [6.45, 7) is 3.57. The zero-order valence-corrected chi connectivity index (χ0v) is 9.30. The van der Waals surface area contributed by atoms with Crippen molar-refractivity contribution < 1.29 is 9.50 Å². The molecule has 0 heterocycles. The summed E-state index contributed by atoms with van der Waals surface area (Å²) in [6, 6.07) is 4.65. The SMILES string of the molecule is C=CCCC(O)c1ccc(Br)c(F)c1. The Bertz CT molecular complexity index is 325. The van der Waals surface area contributed by atoms with Crippen molar-refractivity contribution >= 4 is 15.9 Å². The predicted octanol–water partition coefficient (Wildman–Crippen LogP) is 3.59. The van der Waals surface area contributed by atoms with Gasteiger partial charge in [0.1, 0.15) is 5.82 Å². The number of allylic oxidation sites excluding steroid dienone is 1. The van der Waals surface area contributed by atoms with Crippen molar-refractivity contribution in [1.82, 2.24) is 0 Å². The van der Waals surface area contributed by atoms with Crippen LogP contribution in [-0.2, 0) is 0 Å². The number of halogens is 2. The van der Waals surface area contributed by atoms with Gasteiger partial charge in [0.2, 0.25) is 0 Å². The fourth-order valence-electron chi connectivity index (χ4n) is 1.16. The molecule has 0 saturated carbocycles. The van der Waals surface area contributed by atoms with Crippen molar-refractivity contribution in [2.45, 2.75) is 18.9 Å². The molecule has 14 heavy (non-hydrogen) atoms. The van der Waals surface area contributed by atoms with Crippen LogP contribution in [0.1, 0.15) is 24.5 Å². The minimum absolute atomic E-state index is 0.347. The Morgan fingerprint density at radius 3 is 2.86 bits per heavy atom. The molecule has 1 atom stereocenters. The maximum atomic E-state index is 13.1. The lowest BCUT2D eigenvalue weighted by molar-refractivity contribution is 0.168. The molecular weight excluding hydrogens is 247 g/mol. The van der Waals surface area contributed by atoms with Crippen LogP contribution in [0.4, 0.5) is 4.39 Å². The van der Waals surface area contributed by atoms with E-state index < -0.39 is 6.10 Å². The highest BCUT2D eigenvalue weighted by molar-refractivity contribution is 9.10. The quantitative estimate of drug-likeness (QED) is 0.819. The summed E-state index contributed by atoms with van der Waals surface area (Å²) < 4.78 is 13.5. The van der Waals surface area contributed by atoms with E-state index in [2.05, 4.69) is 22.5 Å². The Morgan fingerprint density at radius 1 is 1.57 bits per heavy atom. The lowest BCUT2D eigenvalue weighted by Gasteiger charge is -2.09. The second kappa shape index (κ2) is 5.27. The number of hydrogen-bond donors (Lipinski definition) is 1. The molecule has 1 unspecified atom stereocenters. The second-order valence-corrected chi connectivity index (χ2v) is 3.91. The number of hydrogen-bond acceptors (Lipinski definition) is 1. The van der Waals surface area contributed by atoms with Crippen LogP contribution in [0.15, 0.2) is 35.3 Å². The van der Waals surface area contributed by atoms with Crippen molar-refractivity contribution in [3.05, 3.63) is 46.7 Å². The van der Waals surface area contributed by atoms with E-state index in [1.165, 1.54) is 6.07 Å². The van der Waals surface area contributed by atoms with Crippen molar-refractivity contribution in [2.75, 3.05) is 0 Å². The molecule has 0 amide bonds. The lowest BCUT2D eigenvalue weighted by Crippen LogP contribution is -1.97. The van der Waals surface area contributed by atoms with Crippen LogP contribution in [0.2, 0.25) is 0 Å². The van der Waals surface area contributed by atoms with Gasteiger partial charge in [-0.3, -0.25) is 0 Å². The standard InChI is InChI=1S/C11H12BrFO/c1-2-3-4-11(14)8-5-6-9(12)10(13)7-8/h2,5-7,11,14H,1,3-4H2. The van der Waals surface area contributed by atoms with Gasteiger partial charge in [-0.05, 0) is 46.5 Å². The molecule has 0 aliphatic heterocycles. The maximum Gasteiger partial charge on any atom is 0.137 e. The Morgan fingerprint density at radius 2 is 2.29 bits per heavy atom. The minimum atomic E-state index is -0.615. The number of rotatable bonds is 4. The largest absolute Gasteiger partial charge is 0.388 e. The van der Waals surface area contributed by atoms with Crippen LogP contribution >= 0.6 is 15.9 Å². The van der Waals surface area contributed by atoms with Gasteiger partial charge in [0.05, 0.1) is 10.6 Å². The molecule has 1 aromatic carbocycles. The van der Waals surface area contributed by atoms with Gasteiger partial charge in [0.15, 0.2) is 0 Å². The highest BCUT2D eigenvalue weighted by Gasteiger charge is 2.08. The van der Waals surface area contributed by atoms with Crippen LogP contribution in [0, 0.1) is 5.82 Å². The molecule has 1 N–H and O–H groups in total. The summed E-state index contributed by atoms with van der Waals surface area (Å²) in [5.74, 6) is -0.347. The molecule has 0 aromatic heterocycles. The van der Waals surface area contributed by atoms with E-state index in [0.717, 1.165) is 6.42 Å². The number of benzene rings is 1. The molecule has 0 spiro atoms. The zero-order valence-electron chi connectivity index (χ0n) is 7.71. The van der Waals surface area contributed by atoms with Gasteiger partial charge in [-0.15, -0.1) is 6.58 Å². The molecule has 0 aliphatic carbocycles. The van der Waals surface area contributed by atoms with E-state index in [1.54, 1.807) is 18.2 Å². The third-order valence-corrected chi connectivity index (χ3v) is 2.62. The van der Waals surface area contributed by atoms with Crippen LogP contribution in [0.5, 0.6) is 0 Å². The maximum absolute atomic E-state index is 13.1. The van der Waals surface area contributed by atoms with Crippen molar-refractivity contribution in [2.24, 2.45) is 0 Å². The van der Waals surface area contributed by atoms with E-state index in [1.807, 2.05) is 0 Å². The monoisotopic (exact) mass is 258 g/mol. The molecule has 1 rings (SSSR count). The highest BCUT2D eigenvalue weighted by Crippen LogP contribution is 2.23. The number of aliphatic hydroxyl groups is 1. The Hall–Kier alpha value is -0.670. The van der Waals surface area contributed by atoms with E-state index in [9.17, 15) is 9.50 Å². The van der Waals surface area contributed by atoms with Gasteiger partial charge in [-0.25, -0.2) is 4.39 Å². The summed E-state index contributed by atoms with van der Waals surface area (Å²) in [5, 5.41) is 9.64. The second-order valence-electron chi connectivity index (χ2n) is 3.06. The molecular formula is C11H12BrFO. The van der Waals surface area contributed by atoms with Crippen molar-refractivity contribution in [3.8, 4) is 0 Å². The normalized spacial score (nSPS) is 12.5. The first kappa shape index (κ1) is 11.4. The van der Waals surface area contributed by atoms with Crippen LogP contribution in [0.3, 0.4) is 0 Å². The van der Waals surface area contributed by atoms with E-state index in [4.69, 9.17) is 0 Å². The first-order valence-electron chi connectivity index (χ1n) is 4.39. The van der Waals surface area contributed by atoms with Gasteiger partial charge in [0.25, 0.3) is 0 Å². The van der Waals surface area contributed by atoms with Crippen molar-refractivity contribution in [3.63, 3.8) is 0 Å². The average molecular weight is 259 g/mol. The summed E-state index contributed by atoms with van der Waals surface area (Å²) in [4.78, 5) is 0. The molecule has 0 bridgehead atoms. The smallest absolute Gasteiger partial charge is 0.137 e. The Balaban J connectivity index is 2.75. The molecule has 1 nitrogen and oxygen atoms in total. The molecule has 1 aromatic rings. The fourth-order valence-corrected chi connectivity index (χ4v) is 1.41. The Kier molecular flexibility index (Phi) is 4.29. The van der Waals surface area contributed by atoms with Crippen LogP contribution in [-0.4, -0.2) is 5.11 Å². The Labute approximate surface area is 91.4 Å². The van der Waals surface area contributed by atoms with Gasteiger partial charge in [0, 0.05) is 0 Å². The molecule has 0 aliphatic rings.